The fourth-order valence-corrected chi connectivity index (χ4v) is 4.55. The molecule has 4 rings (SSSR count). The Morgan fingerprint density at radius 1 is 0.806 bits per heavy atom. The molecular formula is C29H43N7. The standard InChI is InChI=1S/C29H43N7/c1-28(2,3)23-21-25(31-27(30-23)29(4,5)6)36-19-17-35(18-20-36)16-12-11-15-24-32-33-26(34(24)7)22-13-9-8-10-14-22/h8-10,13-14,21H,11-12,15-20H2,1-7H3. The molecule has 0 amide bonds. The van der Waals surface area contributed by atoms with E-state index in [0.717, 1.165) is 80.1 Å². The van der Waals surface area contributed by atoms with Crippen LogP contribution in [0.3, 0.4) is 0 Å². The van der Waals surface area contributed by atoms with Gasteiger partial charge in [-0.2, -0.15) is 0 Å². The molecule has 1 saturated heterocycles. The molecule has 3 aromatic rings. The van der Waals surface area contributed by atoms with Crippen LogP contribution >= 0.6 is 0 Å². The minimum atomic E-state index is -0.0670. The molecule has 1 aliphatic rings. The van der Waals surface area contributed by atoms with Gasteiger partial charge in [0.2, 0.25) is 0 Å². The van der Waals surface area contributed by atoms with Crippen molar-refractivity contribution in [2.75, 3.05) is 37.6 Å². The van der Waals surface area contributed by atoms with Crippen molar-refractivity contribution < 1.29 is 0 Å². The first-order valence-electron chi connectivity index (χ1n) is 13.3. The second-order valence-electron chi connectivity index (χ2n) is 12.1. The summed E-state index contributed by atoms with van der Waals surface area (Å²) < 4.78 is 2.13. The molecule has 1 fully saturated rings. The van der Waals surface area contributed by atoms with E-state index < -0.39 is 0 Å². The maximum atomic E-state index is 4.99. The van der Waals surface area contributed by atoms with E-state index in [1.54, 1.807) is 0 Å². The van der Waals surface area contributed by atoms with E-state index in [0.29, 0.717) is 0 Å². The number of anilines is 1. The summed E-state index contributed by atoms with van der Waals surface area (Å²) in [5, 5.41) is 8.87. The van der Waals surface area contributed by atoms with E-state index in [1.165, 1.54) is 6.42 Å². The van der Waals surface area contributed by atoms with E-state index in [1.807, 2.05) is 18.2 Å². The molecule has 0 radical (unpaired) electrons. The van der Waals surface area contributed by atoms with Crippen molar-refractivity contribution in [3.63, 3.8) is 0 Å². The molecule has 194 valence electrons. The molecular weight excluding hydrogens is 446 g/mol. The van der Waals surface area contributed by atoms with Crippen molar-refractivity contribution >= 4 is 5.82 Å². The summed E-state index contributed by atoms with van der Waals surface area (Å²) in [6, 6.07) is 12.5. The zero-order chi connectivity index (χ0) is 25.9. The van der Waals surface area contributed by atoms with Crippen LogP contribution in [-0.2, 0) is 24.3 Å². The second kappa shape index (κ2) is 10.7. The predicted molar refractivity (Wildman–Crippen MR) is 147 cm³/mol. The summed E-state index contributed by atoms with van der Waals surface area (Å²) >= 11 is 0. The normalized spacial score (nSPS) is 15.5. The van der Waals surface area contributed by atoms with Crippen LogP contribution in [0.2, 0.25) is 0 Å². The third kappa shape index (κ3) is 6.30. The third-order valence-corrected chi connectivity index (χ3v) is 6.97. The Bertz CT molecular complexity index is 1100. The summed E-state index contributed by atoms with van der Waals surface area (Å²) in [5.41, 5.74) is 2.18. The van der Waals surface area contributed by atoms with E-state index in [9.17, 15) is 0 Å². The van der Waals surface area contributed by atoms with Crippen LogP contribution in [0.25, 0.3) is 11.4 Å². The van der Waals surface area contributed by atoms with Crippen molar-refractivity contribution in [2.45, 2.75) is 71.6 Å². The van der Waals surface area contributed by atoms with Crippen molar-refractivity contribution in [1.82, 2.24) is 29.6 Å². The van der Waals surface area contributed by atoms with Crippen LogP contribution in [0.15, 0.2) is 36.4 Å². The van der Waals surface area contributed by atoms with Gasteiger partial charge in [0.05, 0.1) is 5.69 Å². The van der Waals surface area contributed by atoms with Crippen molar-refractivity contribution in [3.05, 3.63) is 53.7 Å². The van der Waals surface area contributed by atoms with Crippen molar-refractivity contribution in [2.24, 2.45) is 7.05 Å². The molecule has 0 bridgehead atoms. The van der Waals surface area contributed by atoms with Gasteiger partial charge in [-0.3, -0.25) is 4.90 Å². The van der Waals surface area contributed by atoms with Gasteiger partial charge in [-0.1, -0.05) is 71.9 Å². The highest BCUT2D eigenvalue weighted by Gasteiger charge is 2.26. The number of aromatic nitrogens is 5. The molecule has 1 aromatic carbocycles. The molecule has 0 spiro atoms. The first-order chi connectivity index (χ1) is 17.0. The van der Waals surface area contributed by atoms with Gasteiger partial charge in [0.1, 0.15) is 17.5 Å². The van der Waals surface area contributed by atoms with E-state index in [2.05, 4.69) is 91.4 Å². The Morgan fingerprint density at radius 2 is 1.50 bits per heavy atom. The smallest absolute Gasteiger partial charge is 0.163 e. The van der Waals surface area contributed by atoms with Gasteiger partial charge in [-0.05, 0) is 19.4 Å². The highest BCUT2D eigenvalue weighted by molar-refractivity contribution is 5.54. The number of hydrogen-bond donors (Lipinski definition) is 0. The Balaban J connectivity index is 1.28. The molecule has 0 saturated carbocycles. The van der Waals surface area contributed by atoms with E-state index in [-0.39, 0.29) is 10.8 Å². The molecule has 7 nitrogen and oxygen atoms in total. The number of hydrogen-bond acceptors (Lipinski definition) is 6. The fourth-order valence-electron chi connectivity index (χ4n) is 4.55. The minimum absolute atomic E-state index is 0.00406. The Labute approximate surface area is 217 Å². The van der Waals surface area contributed by atoms with Gasteiger partial charge < -0.3 is 9.47 Å². The molecule has 36 heavy (non-hydrogen) atoms. The van der Waals surface area contributed by atoms with Gasteiger partial charge in [-0.15, -0.1) is 10.2 Å². The van der Waals surface area contributed by atoms with E-state index in [4.69, 9.17) is 9.97 Å². The summed E-state index contributed by atoms with van der Waals surface area (Å²) in [4.78, 5) is 14.9. The zero-order valence-electron chi connectivity index (χ0n) is 23.3. The topological polar surface area (TPSA) is 63.0 Å². The predicted octanol–water partition coefficient (Wildman–Crippen LogP) is 5.01. The number of nitrogens with zero attached hydrogens (tertiary/aromatic N) is 7. The SMILES string of the molecule is Cn1c(CCCCN2CCN(c3cc(C(C)(C)C)nc(C(C)(C)C)n3)CC2)nnc1-c1ccccc1. The van der Waals surface area contributed by atoms with Gasteiger partial charge in [-0.25, -0.2) is 9.97 Å². The fraction of sp³-hybridized carbons (Fsp3) is 0.586. The van der Waals surface area contributed by atoms with Crippen LogP contribution in [-0.4, -0.2) is 62.4 Å². The summed E-state index contributed by atoms with van der Waals surface area (Å²) in [7, 11) is 2.07. The van der Waals surface area contributed by atoms with E-state index >= 15 is 0 Å². The summed E-state index contributed by atoms with van der Waals surface area (Å²) in [6.45, 7) is 18.6. The molecule has 2 aromatic heterocycles. The van der Waals surface area contributed by atoms with Gasteiger partial charge in [0.25, 0.3) is 0 Å². The average Bonchev–Trinajstić information content (AvgIpc) is 3.21. The third-order valence-electron chi connectivity index (χ3n) is 6.97. The lowest BCUT2D eigenvalue weighted by molar-refractivity contribution is 0.252. The Hall–Kier alpha value is -2.80. The zero-order valence-corrected chi connectivity index (χ0v) is 23.3. The lowest BCUT2D eigenvalue weighted by Crippen LogP contribution is -2.47. The number of aryl methyl sites for hydroxylation is 1. The number of piperazine rings is 1. The molecule has 0 unspecified atom stereocenters. The molecule has 3 heterocycles. The lowest BCUT2D eigenvalue weighted by atomic mass is 9.90. The van der Waals surface area contributed by atoms with Crippen LogP contribution in [0, 0.1) is 0 Å². The monoisotopic (exact) mass is 489 g/mol. The van der Waals surface area contributed by atoms with Gasteiger partial charge in [0.15, 0.2) is 5.82 Å². The van der Waals surface area contributed by atoms with Crippen molar-refractivity contribution in [1.29, 1.82) is 0 Å². The second-order valence-corrected chi connectivity index (χ2v) is 12.1. The van der Waals surface area contributed by atoms with Gasteiger partial charge in [0, 0.05) is 62.1 Å². The van der Waals surface area contributed by atoms with Crippen LogP contribution in [0.5, 0.6) is 0 Å². The maximum Gasteiger partial charge on any atom is 0.163 e. The highest BCUT2D eigenvalue weighted by Crippen LogP contribution is 2.28. The Kier molecular flexibility index (Phi) is 7.79. The van der Waals surface area contributed by atoms with Crippen LogP contribution in [0.1, 0.15) is 71.7 Å². The highest BCUT2D eigenvalue weighted by atomic mass is 15.3. The number of unbranched alkanes of at least 4 members (excludes halogenated alkanes) is 1. The van der Waals surface area contributed by atoms with Gasteiger partial charge >= 0.3 is 0 Å². The minimum Gasteiger partial charge on any atom is -0.354 e. The molecule has 1 aliphatic heterocycles. The number of benzene rings is 1. The molecule has 7 heteroatoms. The van der Waals surface area contributed by atoms with Crippen LogP contribution < -0.4 is 4.90 Å². The summed E-state index contributed by atoms with van der Waals surface area (Å²) in [6.07, 6.45) is 3.25. The average molecular weight is 490 g/mol. The first-order valence-corrected chi connectivity index (χ1v) is 13.3. The molecule has 0 atom stereocenters. The van der Waals surface area contributed by atoms with Crippen molar-refractivity contribution in [3.8, 4) is 11.4 Å². The maximum absolute atomic E-state index is 4.99. The number of rotatable bonds is 7. The summed E-state index contributed by atoms with van der Waals surface area (Å²) in [5.74, 6) is 4.02. The lowest BCUT2D eigenvalue weighted by Gasteiger charge is -2.36. The molecule has 0 aliphatic carbocycles. The Morgan fingerprint density at radius 3 is 2.14 bits per heavy atom. The molecule has 0 N–H and O–H groups in total. The quantitative estimate of drug-likeness (QED) is 0.435. The first kappa shape index (κ1) is 26.3. The van der Waals surface area contributed by atoms with Crippen LogP contribution in [0.4, 0.5) is 5.82 Å². The largest absolute Gasteiger partial charge is 0.354 e.